The summed E-state index contributed by atoms with van der Waals surface area (Å²) in [4.78, 5) is 50.3. The Balaban J connectivity index is 0.909. The number of carbonyl (C=O) groups is 3. The van der Waals surface area contributed by atoms with Crippen LogP contribution in [0, 0.1) is 19.8 Å². The van der Waals surface area contributed by atoms with Crippen LogP contribution in [0.25, 0.3) is 10.9 Å². The number of aromatic nitrogens is 4. The van der Waals surface area contributed by atoms with Crippen molar-refractivity contribution in [2.45, 2.75) is 134 Å². The van der Waals surface area contributed by atoms with Crippen LogP contribution in [0.4, 0.5) is 11.6 Å². The molecule has 4 heterocycles. The third-order valence-electron chi connectivity index (χ3n) is 12.6. The highest BCUT2D eigenvalue weighted by molar-refractivity contribution is 7.92. The van der Waals surface area contributed by atoms with Crippen LogP contribution in [-0.4, -0.2) is 100 Å². The highest BCUT2D eigenvalue weighted by atomic mass is 32.2. The quantitative estimate of drug-likeness (QED) is 0.0567. The number of methoxy groups -OCH3 is 1. The van der Waals surface area contributed by atoms with Crippen molar-refractivity contribution in [1.82, 2.24) is 30.0 Å². The zero-order valence-electron chi connectivity index (χ0n) is 37.2. The Bertz CT molecular complexity index is 2330. The molecule has 1 fully saturated rings. The monoisotopic (exact) mass is 872 g/mol. The van der Waals surface area contributed by atoms with Crippen LogP contribution in [0.3, 0.4) is 0 Å². The highest BCUT2D eigenvalue weighted by Gasteiger charge is 2.37. The average Bonchev–Trinajstić information content (AvgIpc) is 3.74. The first-order valence-corrected chi connectivity index (χ1v) is 23.5. The number of aromatic amines is 1. The molecule has 1 saturated heterocycles. The molecule has 1 atom stereocenters. The van der Waals surface area contributed by atoms with Crippen LogP contribution >= 0.6 is 0 Å². The first-order chi connectivity index (χ1) is 29.6. The maximum Gasteiger partial charge on any atom is 0.305 e. The molecule has 0 aliphatic carbocycles. The minimum absolute atomic E-state index is 0.0166. The van der Waals surface area contributed by atoms with Crippen molar-refractivity contribution in [3.8, 4) is 5.75 Å². The summed E-state index contributed by atoms with van der Waals surface area (Å²) in [5.74, 6) is 0.644. The topological polar surface area (TPSA) is 203 Å². The van der Waals surface area contributed by atoms with Gasteiger partial charge in [-0.1, -0.05) is 37.8 Å². The molecule has 4 aromatic rings. The molecule has 2 aromatic heterocycles. The molecular formula is C46H64N8O7S. The van der Waals surface area contributed by atoms with Gasteiger partial charge in [-0.25, -0.2) is 18.4 Å². The molecule has 0 spiro atoms. The predicted octanol–water partition coefficient (Wildman–Crippen LogP) is 7.11. The van der Waals surface area contributed by atoms with E-state index in [1.165, 1.54) is 37.6 Å². The van der Waals surface area contributed by atoms with Crippen LogP contribution < -0.4 is 15.8 Å². The second-order valence-corrected chi connectivity index (χ2v) is 20.5. The largest absolute Gasteiger partial charge is 0.492 e. The third kappa shape index (κ3) is 10.9. The fourth-order valence-corrected chi connectivity index (χ4v) is 9.76. The number of esters is 1. The van der Waals surface area contributed by atoms with E-state index in [-0.39, 0.29) is 23.6 Å². The van der Waals surface area contributed by atoms with E-state index in [9.17, 15) is 22.8 Å². The van der Waals surface area contributed by atoms with Gasteiger partial charge in [-0.2, -0.15) is 5.10 Å². The summed E-state index contributed by atoms with van der Waals surface area (Å²) < 4.78 is 37.8. The number of unbranched alkanes of at least 4 members (excludes halogenated alkanes) is 5. The number of piperidine rings is 1. The molecule has 2 aliphatic rings. The zero-order valence-corrected chi connectivity index (χ0v) is 38.0. The number of rotatable bonds is 21. The normalized spacial score (nSPS) is 15.5. The Hall–Kier alpha value is -5.09. The van der Waals surface area contributed by atoms with E-state index in [1.807, 2.05) is 19.9 Å². The van der Waals surface area contributed by atoms with E-state index in [0.717, 1.165) is 87.0 Å². The zero-order chi connectivity index (χ0) is 44.6. The van der Waals surface area contributed by atoms with Crippen molar-refractivity contribution in [1.29, 1.82) is 0 Å². The number of benzene rings is 2. The number of nitrogens with zero attached hydrogens (tertiary/aromatic N) is 5. The van der Waals surface area contributed by atoms with Gasteiger partial charge in [0.25, 0.3) is 5.91 Å². The number of nitrogens with two attached hydrogens (primary N) is 1. The number of fused-ring (bicyclic) bond motifs is 2. The summed E-state index contributed by atoms with van der Waals surface area (Å²) in [7, 11) is -2.47. The Kier molecular flexibility index (Phi) is 15.3. The fraction of sp³-hybridized carbons (Fsp3) is 0.565. The van der Waals surface area contributed by atoms with Gasteiger partial charge in [0.05, 0.1) is 24.0 Å². The summed E-state index contributed by atoms with van der Waals surface area (Å²) in [6, 6.07) is 8.27. The van der Waals surface area contributed by atoms with E-state index in [2.05, 4.69) is 36.4 Å². The Labute approximate surface area is 365 Å². The molecule has 15 nitrogen and oxygen atoms in total. The van der Waals surface area contributed by atoms with Crippen LogP contribution in [0.5, 0.6) is 5.75 Å². The number of nitrogens with one attached hydrogen (secondary N) is 2. The van der Waals surface area contributed by atoms with Crippen molar-refractivity contribution in [3.05, 3.63) is 64.6 Å². The number of aryl methyl sites for hydroxylation is 2. The van der Waals surface area contributed by atoms with Crippen LogP contribution in [0.2, 0.25) is 0 Å². The molecule has 62 heavy (non-hydrogen) atoms. The Morgan fingerprint density at radius 1 is 1.02 bits per heavy atom. The number of H-pyrrole nitrogens is 1. The fourth-order valence-electron chi connectivity index (χ4n) is 8.44. The van der Waals surface area contributed by atoms with Gasteiger partial charge in [-0.15, -0.1) is 0 Å². The van der Waals surface area contributed by atoms with Crippen molar-refractivity contribution in [2.75, 3.05) is 38.7 Å². The van der Waals surface area contributed by atoms with Gasteiger partial charge in [0.1, 0.15) is 28.8 Å². The lowest BCUT2D eigenvalue weighted by molar-refractivity contribution is -0.141. The minimum atomic E-state index is -3.77. The maximum atomic E-state index is 13.9. The van der Waals surface area contributed by atoms with Gasteiger partial charge in [-0.05, 0) is 128 Å². The van der Waals surface area contributed by atoms with Crippen LogP contribution in [0.15, 0.2) is 41.6 Å². The molecule has 2 aromatic carbocycles. The lowest BCUT2D eigenvalue weighted by atomic mass is 9.94. The first kappa shape index (κ1) is 46.4. The van der Waals surface area contributed by atoms with Gasteiger partial charge < -0.3 is 30.3 Å². The summed E-state index contributed by atoms with van der Waals surface area (Å²) in [6.07, 6.45) is 12.3. The third-order valence-corrected chi connectivity index (χ3v) is 15.1. The number of anilines is 2. The van der Waals surface area contributed by atoms with Crippen molar-refractivity contribution in [3.63, 3.8) is 0 Å². The van der Waals surface area contributed by atoms with Crippen molar-refractivity contribution >= 4 is 50.2 Å². The van der Waals surface area contributed by atoms with Crippen LogP contribution in [-0.2, 0) is 37.1 Å². The van der Waals surface area contributed by atoms with E-state index < -0.39 is 32.5 Å². The second-order valence-electron chi connectivity index (χ2n) is 17.8. The van der Waals surface area contributed by atoms with E-state index >= 15 is 0 Å². The maximum absolute atomic E-state index is 13.9. The number of hydrogen-bond acceptors (Lipinski definition) is 12. The van der Waals surface area contributed by atoms with E-state index in [1.54, 1.807) is 39.0 Å². The summed E-state index contributed by atoms with van der Waals surface area (Å²) >= 11 is 0. The number of primary amides is 1. The van der Waals surface area contributed by atoms with Crippen molar-refractivity contribution < 1.29 is 32.3 Å². The average molecular weight is 873 g/mol. The van der Waals surface area contributed by atoms with E-state index in [4.69, 9.17) is 15.2 Å². The Morgan fingerprint density at radius 3 is 2.42 bits per heavy atom. The number of sulfone groups is 1. The van der Waals surface area contributed by atoms with Gasteiger partial charge in [0.2, 0.25) is 5.91 Å². The number of carbonyl (C=O) groups excluding carboxylic acids is 3. The number of likely N-dealkylation sites (tertiary alicyclic amines) is 1. The Morgan fingerprint density at radius 2 is 1.74 bits per heavy atom. The summed E-state index contributed by atoms with van der Waals surface area (Å²) in [5.41, 5.74) is 10.8. The SMILES string of the molecule is COC(=O)CCC(C(N)=O)N1Cc2c(CCCCCCCCN3CCC(CCOc4cc5ncnc(Nc6n[nH]c(C)c6C)c5cc4S(=O)(=O)C(C)(C)C)CC3)cccc2C1=O. The predicted molar refractivity (Wildman–Crippen MR) is 239 cm³/mol. The number of ether oxygens (including phenoxy) is 2. The molecule has 0 bridgehead atoms. The molecule has 6 rings (SSSR count). The highest BCUT2D eigenvalue weighted by Crippen LogP contribution is 2.38. The summed E-state index contributed by atoms with van der Waals surface area (Å²) in [5, 5.41) is 11.1. The first-order valence-electron chi connectivity index (χ1n) is 22.0. The minimum Gasteiger partial charge on any atom is -0.492 e. The molecule has 336 valence electrons. The number of hydrogen-bond donors (Lipinski definition) is 3. The van der Waals surface area contributed by atoms with Gasteiger partial charge in [-0.3, -0.25) is 19.5 Å². The lowest BCUT2D eigenvalue weighted by Gasteiger charge is -2.32. The van der Waals surface area contributed by atoms with Gasteiger partial charge >= 0.3 is 5.97 Å². The van der Waals surface area contributed by atoms with Gasteiger partial charge in [0, 0.05) is 41.2 Å². The molecule has 0 saturated carbocycles. The molecule has 2 aliphatic heterocycles. The molecule has 16 heteroatoms. The second kappa shape index (κ2) is 20.4. The molecule has 1 unspecified atom stereocenters. The molecule has 0 radical (unpaired) electrons. The van der Waals surface area contributed by atoms with Crippen molar-refractivity contribution in [2.24, 2.45) is 11.7 Å². The lowest BCUT2D eigenvalue weighted by Crippen LogP contribution is -2.45. The van der Waals surface area contributed by atoms with E-state index in [0.29, 0.717) is 52.9 Å². The molecular weight excluding hydrogens is 809 g/mol. The summed E-state index contributed by atoms with van der Waals surface area (Å²) in [6.45, 7) is 12.9. The standard InChI is InChI=1S/C46H64N8O7S/c1-30-31(2)51-52-43(30)50-44-35-26-40(62(58,59)46(3,4)5)39(27-37(35)48-29-49-44)61-25-21-32-19-23-53(24-20-32)22-12-10-8-7-9-11-14-33-15-13-16-34-36(33)28-54(45(34)57)38(42(47)56)17-18-41(55)60-6/h13,15-16,26-27,29,32,38H,7-12,14,17-25,28H2,1-6H3,(H2,47,56)(H2,48,49,50,51,52). The smallest absolute Gasteiger partial charge is 0.305 e. The van der Waals surface area contributed by atoms with Gasteiger partial charge in [0.15, 0.2) is 15.7 Å². The molecule has 2 amide bonds. The molecule has 4 N–H and O–H groups in total. The number of amides is 2. The van der Waals surface area contributed by atoms with Crippen LogP contribution in [0.1, 0.15) is 124 Å².